The minimum absolute atomic E-state index is 0.210. The van der Waals surface area contributed by atoms with Crippen LogP contribution in [0.5, 0.6) is 0 Å². The lowest BCUT2D eigenvalue weighted by Gasteiger charge is -2.17. The molecule has 2 nitrogen and oxygen atoms in total. The Balaban J connectivity index is 2.09. The molecule has 0 aliphatic rings. The maximum atomic E-state index is 13.2. The highest BCUT2D eigenvalue weighted by molar-refractivity contribution is 6.31. The van der Waals surface area contributed by atoms with Gasteiger partial charge in [-0.05, 0) is 61.3 Å². The van der Waals surface area contributed by atoms with Gasteiger partial charge in [0, 0.05) is 23.5 Å². The van der Waals surface area contributed by atoms with Gasteiger partial charge in [-0.25, -0.2) is 4.39 Å². The fourth-order valence-electron chi connectivity index (χ4n) is 2.04. The van der Waals surface area contributed by atoms with Crippen molar-refractivity contribution in [2.45, 2.75) is 18.9 Å². The molecule has 1 N–H and O–H groups in total. The molecule has 1 heterocycles. The molecule has 1 atom stereocenters. The van der Waals surface area contributed by atoms with Crippen LogP contribution in [0.4, 0.5) is 4.39 Å². The molecule has 0 fully saturated rings. The molecule has 0 saturated heterocycles. The Morgan fingerprint density at radius 3 is 2.63 bits per heavy atom. The highest BCUT2D eigenvalue weighted by Crippen LogP contribution is 2.19. The fraction of sp³-hybridized carbons (Fsp3) is 0.267. The largest absolute Gasteiger partial charge is 0.316 e. The average molecular weight is 279 g/mol. The zero-order chi connectivity index (χ0) is 13.7. The van der Waals surface area contributed by atoms with Crippen molar-refractivity contribution in [3.8, 4) is 0 Å². The van der Waals surface area contributed by atoms with Gasteiger partial charge in [-0.2, -0.15) is 0 Å². The van der Waals surface area contributed by atoms with E-state index in [1.807, 2.05) is 19.2 Å². The van der Waals surface area contributed by atoms with Gasteiger partial charge in [0.2, 0.25) is 0 Å². The molecule has 0 aliphatic heterocycles. The number of likely N-dealkylation sites (N-methyl/N-ethyl adjacent to an activating group) is 1. The van der Waals surface area contributed by atoms with E-state index in [-0.39, 0.29) is 11.9 Å². The highest BCUT2D eigenvalue weighted by atomic mass is 35.5. The summed E-state index contributed by atoms with van der Waals surface area (Å²) in [5.74, 6) is -0.252. The van der Waals surface area contributed by atoms with Crippen LogP contribution in [0.15, 0.2) is 42.7 Å². The third-order valence-corrected chi connectivity index (χ3v) is 3.48. The molecule has 100 valence electrons. The average Bonchev–Trinajstić information content (AvgIpc) is 2.43. The molecule has 0 spiro atoms. The van der Waals surface area contributed by atoms with E-state index in [2.05, 4.69) is 10.3 Å². The molecule has 2 rings (SSSR count). The van der Waals surface area contributed by atoms with Gasteiger partial charge < -0.3 is 5.32 Å². The predicted octanol–water partition coefficient (Wildman–Crippen LogP) is 3.25. The van der Waals surface area contributed by atoms with Crippen molar-refractivity contribution in [2.24, 2.45) is 0 Å². The molecule has 0 aliphatic carbocycles. The summed E-state index contributed by atoms with van der Waals surface area (Å²) in [6, 6.07) is 8.66. The van der Waals surface area contributed by atoms with E-state index >= 15 is 0 Å². The Morgan fingerprint density at radius 2 is 1.95 bits per heavy atom. The van der Waals surface area contributed by atoms with Gasteiger partial charge in [-0.1, -0.05) is 11.6 Å². The monoisotopic (exact) mass is 278 g/mol. The molecule has 0 bridgehead atoms. The van der Waals surface area contributed by atoms with Crippen LogP contribution in [0.2, 0.25) is 5.02 Å². The van der Waals surface area contributed by atoms with Crippen molar-refractivity contribution in [1.29, 1.82) is 0 Å². The minimum atomic E-state index is -0.252. The van der Waals surface area contributed by atoms with Crippen LogP contribution in [0.25, 0.3) is 0 Å². The second kappa shape index (κ2) is 6.64. The molecule has 1 unspecified atom stereocenters. The second-order valence-corrected chi connectivity index (χ2v) is 4.89. The number of aromatic nitrogens is 1. The third-order valence-electron chi connectivity index (χ3n) is 3.11. The van der Waals surface area contributed by atoms with E-state index < -0.39 is 0 Å². The van der Waals surface area contributed by atoms with E-state index in [9.17, 15) is 4.39 Å². The number of halogens is 2. The zero-order valence-electron chi connectivity index (χ0n) is 10.7. The third kappa shape index (κ3) is 4.01. The van der Waals surface area contributed by atoms with Crippen LogP contribution in [0.3, 0.4) is 0 Å². The SMILES string of the molecule is CNC(Cc1ccncc1)Cc1cc(F)ccc1Cl. The smallest absolute Gasteiger partial charge is 0.123 e. The molecular weight excluding hydrogens is 263 g/mol. The number of pyridine rings is 1. The number of rotatable bonds is 5. The van der Waals surface area contributed by atoms with Gasteiger partial charge in [0.25, 0.3) is 0 Å². The summed E-state index contributed by atoms with van der Waals surface area (Å²) in [6.07, 6.45) is 5.09. The van der Waals surface area contributed by atoms with Gasteiger partial charge in [-0.15, -0.1) is 0 Å². The summed E-state index contributed by atoms with van der Waals surface area (Å²) in [6.45, 7) is 0. The molecule has 0 amide bonds. The summed E-state index contributed by atoms with van der Waals surface area (Å²) in [4.78, 5) is 4.00. The summed E-state index contributed by atoms with van der Waals surface area (Å²) in [5, 5.41) is 3.85. The van der Waals surface area contributed by atoms with E-state index in [4.69, 9.17) is 11.6 Å². The van der Waals surface area contributed by atoms with Crippen molar-refractivity contribution in [2.75, 3.05) is 7.05 Å². The van der Waals surface area contributed by atoms with Crippen molar-refractivity contribution in [3.05, 3.63) is 64.7 Å². The molecule has 2 aromatic rings. The molecule has 19 heavy (non-hydrogen) atoms. The van der Waals surface area contributed by atoms with Crippen LogP contribution in [0, 0.1) is 5.82 Å². The first-order chi connectivity index (χ1) is 9.19. The van der Waals surface area contributed by atoms with Gasteiger partial charge in [-0.3, -0.25) is 4.98 Å². The lowest BCUT2D eigenvalue weighted by molar-refractivity contribution is 0.552. The zero-order valence-corrected chi connectivity index (χ0v) is 11.5. The quantitative estimate of drug-likeness (QED) is 0.908. The van der Waals surface area contributed by atoms with Gasteiger partial charge in [0.15, 0.2) is 0 Å². The maximum absolute atomic E-state index is 13.2. The first kappa shape index (κ1) is 14.0. The molecule has 1 aromatic carbocycles. The lowest BCUT2D eigenvalue weighted by Crippen LogP contribution is -2.30. The van der Waals surface area contributed by atoms with E-state index in [1.54, 1.807) is 18.5 Å². The van der Waals surface area contributed by atoms with Crippen LogP contribution >= 0.6 is 11.6 Å². The lowest BCUT2D eigenvalue weighted by atomic mass is 9.99. The van der Waals surface area contributed by atoms with Gasteiger partial charge >= 0.3 is 0 Å². The van der Waals surface area contributed by atoms with Crippen LogP contribution in [-0.4, -0.2) is 18.1 Å². The number of hydrogen-bond acceptors (Lipinski definition) is 2. The fourth-order valence-corrected chi connectivity index (χ4v) is 2.24. The number of hydrogen-bond donors (Lipinski definition) is 1. The van der Waals surface area contributed by atoms with Gasteiger partial charge in [0.05, 0.1) is 0 Å². The Labute approximate surface area is 117 Å². The first-order valence-corrected chi connectivity index (χ1v) is 6.57. The van der Waals surface area contributed by atoms with E-state index in [1.165, 1.54) is 17.7 Å². The van der Waals surface area contributed by atoms with Crippen molar-refractivity contribution in [3.63, 3.8) is 0 Å². The molecule has 1 aromatic heterocycles. The number of nitrogens with one attached hydrogen (secondary N) is 1. The van der Waals surface area contributed by atoms with Crippen molar-refractivity contribution >= 4 is 11.6 Å². The molecule has 0 saturated carbocycles. The Morgan fingerprint density at radius 1 is 1.21 bits per heavy atom. The Kier molecular flexibility index (Phi) is 4.88. The highest BCUT2D eigenvalue weighted by Gasteiger charge is 2.11. The standard InChI is InChI=1S/C15H16ClFN2/c1-18-14(8-11-4-6-19-7-5-11)10-12-9-13(17)2-3-15(12)16/h2-7,9,14,18H,8,10H2,1H3. The normalized spacial score (nSPS) is 12.4. The molecule has 0 radical (unpaired) electrons. The van der Waals surface area contributed by atoms with E-state index in [0.29, 0.717) is 11.4 Å². The summed E-state index contributed by atoms with van der Waals surface area (Å²) in [7, 11) is 1.90. The number of benzene rings is 1. The topological polar surface area (TPSA) is 24.9 Å². The molecular formula is C15H16ClFN2. The van der Waals surface area contributed by atoms with Crippen molar-refractivity contribution < 1.29 is 4.39 Å². The van der Waals surface area contributed by atoms with Gasteiger partial charge in [0.1, 0.15) is 5.82 Å². The minimum Gasteiger partial charge on any atom is -0.316 e. The first-order valence-electron chi connectivity index (χ1n) is 6.19. The van der Waals surface area contributed by atoms with Crippen molar-refractivity contribution in [1.82, 2.24) is 10.3 Å². The summed E-state index contributed by atoms with van der Waals surface area (Å²) < 4.78 is 13.2. The van der Waals surface area contributed by atoms with Crippen LogP contribution < -0.4 is 5.32 Å². The predicted molar refractivity (Wildman–Crippen MR) is 75.9 cm³/mol. The van der Waals surface area contributed by atoms with Crippen LogP contribution in [-0.2, 0) is 12.8 Å². The molecule has 4 heteroatoms. The summed E-state index contributed by atoms with van der Waals surface area (Å²) in [5.41, 5.74) is 2.02. The Bertz CT molecular complexity index is 531. The second-order valence-electron chi connectivity index (χ2n) is 4.49. The number of nitrogens with zero attached hydrogens (tertiary/aromatic N) is 1. The maximum Gasteiger partial charge on any atom is 0.123 e. The van der Waals surface area contributed by atoms with E-state index in [0.717, 1.165) is 12.0 Å². The Hall–Kier alpha value is -1.45. The van der Waals surface area contributed by atoms with Crippen LogP contribution in [0.1, 0.15) is 11.1 Å². The summed E-state index contributed by atoms with van der Waals surface area (Å²) >= 11 is 6.10.